The molecule has 9 heteroatoms. The molecule has 0 saturated carbocycles. The lowest BCUT2D eigenvalue weighted by atomic mass is 10.2. The Morgan fingerprint density at radius 3 is 2.25 bits per heavy atom. The molecule has 24 heavy (non-hydrogen) atoms. The fourth-order valence-corrected chi connectivity index (χ4v) is 2.01. The summed E-state index contributed by atoms with van der Waals surface area (Å²) in [4.78, 5) is 15.7. The number of carbonyl (C=O) groups excluding carboxylic acids is 1. The molecular formula is C15H20BrF3N4O. The van der Waals surface area contributed by atoms with E-state index in [0.717, 1.165) is 4.47 Å². The fourth-order valence-electron chi connectivity index (χ4n) is 1.74. The number of benzene rings is 1. The van der Waals surface area contributed by atoms with E-state index in [1.165, 1.54) is 7.05 Å². The normalized spacial score (nSPS) is 12.0. The molecule has 0 aliphatic heterocycles. The summed E-state index contributed by atoms with van der Waals surface area (Å²) >= 11 is 3.30. The molecule has 1 amide bonds. The quantitative estimate of drug-likeness (QED) is 0.369. The molecule has 0 saturated heterocycles. The van der Waals surface area contributed by atoms with Crippen LogP contribution in [0.4, 0.5) is 13.2 Å². The van der Waals surface area contributed by atoms with E-state index in [1.807, 2.05) is 0 Å². The molecule has 0 atom stereocenters. The highest BCUT2D eigenvalue weighted by molar-refractivity contribution is 9.10. The maximum absolute atomic E-state index is 12.1. The maximum Gasteiger partial charge on any atom is 0.390 e. The van der Waals surface area contributed by atoms with Gasteiger partial charge in [0.2, 0.25) is 0 Å². The number of nitrogens with one attached hydrogen (secondary N) is 3. The van der Waals surface area contributed by atoms with E-state index >= 15 is 0 Å². The first-order valence-electron chi connectivity index (χ1n) is 7.37. The number of guanidine groups is 1. The molecule has 0 spiro atoms. The summed E-state index contributed by atoms with van der Waals surface area (Å²) < 4.78 is 37.1. The van der Waals surface area contributed by atoms with Gasteiger partial charge >= 0.3 is 6.18 Å². The number of nitrogens with zero attached hydrogens (tertiary/aromatic N) is 1. The summed E-state index contributed by atoms with van der Waals surface area (Å²) in [6, 6.07) is 6.99. The third kappa shape index (κ3) is 8.76. The van der Waals surface area contributed by atoms with Crippen LogP contribution in [0.25, 0.3) is 0 Å². The minimum absolute atomic E-state index is 0.171. The summed E-state index contributed by atoms with van der Waals surface area (Å²) in [5, 5.41) is 8.24. The van der Waals surface area contributed by atoms with E-state index in [0.29, 0.717) is 31.0 Å². The van der Waals surface area contributed by atoms with Crippen molar-refractivity contribution >= 4 is 27.8 Å². The first-order valence-corrected chi connectivity index (χ1v) is 8.16. The number of amides is 1. The first kappa shape index (κ1) is 20.3. The molecule has 0 fully saturated rings. The summed E-state index contributed by atoms with van der Waals surface area (Å²) in [7, 11) is 1.48. The number of rotatable bonds is 7. The van der Waals surface area contributed by atoms with Crippen molar-refractivity contribution < 1.29 is 18.0 Å². The molecule has 3 N–H and O–H groups in total. The van der Waals surface area contributed by atoms with Crippen LogP contribution in [0.15, 0.2) is 33.7 Å². The van der Waals surface area contributed by atoms with Gasteiger partial charge in [0.1, 0.15) is 0 Å². The molecule has 134 valence electrons. The zero-order valence-corrected chi connectivity index (χ0v) is 14.8. The predicted octanol–water partition coefficient (Wildman–Crippen LogP) is 2.69. The summed E-state index contributed by atoms with van der Waals surface area (Å²) in [6.45, 7) is 0.692. The van der Waals surface area contributed by atoms with Gasteiger partial charge in [-0.2, -0.15) is 13.2 Å². The van der Waals surface area contributed by atoms with Gasteiger partial charge in [0.05, 0.1) is 6.42 Å². The van der Waals surface area contributed by atoms with Crippen LogP contribution in [0.5, 0.6) is 0 Å². The Balaban J connectivity index is 2.18. The van der Waals surface area contributed by atoms with Gasteiger partial charge in [-0.15, -0.1) is 0 Å². The Hall–Kier alpha value is -1.77. The van der Waals surface area contributed by atoms with Gasteiger partial charge in [0.25, 0.3) is 5.91 Å². The highest BCUT2D eigenvalue weighted by Crippen LogP contribution is 2.18. The number of alkyl halides is 3. The standard InChI is InChI=1S/C15H20BrF3N4O/c1-20-14(23-10-7-15(17,18)19)22-9-2-8-21-13(24)11-3-5-12(16)6-4-11/h3-6H,2,7-10H2,1H3,(H,21,24)(H2,20,22,23). The second kappa shape index (κ2) is 10.2. The second-order valence-corrected chi connectivity index (χ2v) is 5.82. The largest absolute Gasteiger partial charge is 0.390 e. The van der Waals surface area contributed by atoms with Gasteiger partial charge in [-0.05, 0) is 30.7 Å². The van der Waals surface area contributed by atoms with Crippen molar-refractivity contribution in [1.29, 1.82) is 0 Å². The van der Waals surface area contributed by atoms with Gasteiger partial charge in [-0.1, -0.05) is 15.9 Å². The first-order chi connectivity index (χ1) is 11.3. The van der Waals surface area contributed by atoms with Crippen LogP contribution in [-0.4, -0.2) is 44.7 Å². The smallest absolute Gasteiger partial charge is 0.356 e. The Kier molecular flexibility index (Phi) is 8.59. The number of hydrogen-bond acceptors (Lipinski definition) is 2. The van der Waals surface area contributed by atoms with Gasteiger partial charge in [0, 0.05) is 36.7 Å². The van der Waals surface area contributed by atoms with E-state index in [-0.39, 0.29) is 12.5 Å². The van der Waals surface area contributed by atoms with Crippen molar-refractivity contribution in [1.82, 2.24) is 16.0 Å². The van der Waals surface area contributed by atoms with E-state index in [9.17, 15) is 18.0 Å². The zero-order chi connectivity index (χ0) is 18.0. The highest BCUT2D eigenvalue weighted by atomic mass is 79.9. The lowest BCUT2D eigenvalue weighted by Crippen LogP contribution is -2.40. The van der Waals surface area contributed by atoms with Crippen molar-refractivity contribution in [2.24, 2.45) is 4.99 Å². The van der Waals surface area contributed by atoms with E-state index in [1.54, 1.807) is 24.3 Å². The lowest BCUT2D eigenvalue weighted by Gasteiger charge is -2.13. The maximum atomic E-state index is 12.1. The molecule has 0 bridgehead atoms. The monoisotopic (exact) mass is 408 g/mol. The Bertz CT molecular complexity index is 547. The SMILES string of the molecule is CN=C(NCCCNC(=O)c1ccc(Br)cc1)NCCC(F)(F)F. The van der Waals surface area contributed by atoms with Crippen LogP contribution >= 0.6 is 15.9 Å². The number of hydrogen-bond donors (Lipinski definition) is 3. The Labute approximate surface area is 147 Å². The van der Waals surface area contributed by atoms with Crippen LogP contribution < -0.4 is 16.0 Å². The summed E-state index contributed by atoms with van der Waals surface area (Å²) in [5.74, 6) is 0.133. The minimum atomic E-state index is -4.19. The Morgan fingerprint density at radius 2 is 1.67 bits per heavy atom. The third-order valence-electron chi connectivity index (χ3n) is 2.96. The van der Waals surface area contributed by atoms with Gasteiger partial charge in [-0.3, -0.25) is 9.79 Å². The molecule has 5 nitrogen and oxygen atoms in total. The molecule has 0 aliphatic carbocycles. The Morgan fingerprint density at radius 1 is 1.08 bits per heavy atom. The van der Waals surface area contributed by atoms with Crippen molar-refractivity contribution in [2.45, 2.75) is 19.0 Å². The molecule has 0 aliphatic rings. The topological polar surface area (TPSA) is 65.5 Å². The van der Waals surface area contributed by atoms with E-state index < -0.39 is 12.6 Å². The summed E-state index contributed by atoms with van der Waals surface area (Å²) in [6.07, 6.45) is -4.50. The molecule has 0 unspecified atom stereocenters. The molecule has 1 aromatic carbocycles. The lowest BCUT2D eigenvalue weighted by molar-refractivity contribution is -0.132. The summed E-state index contributed by atoms with van der Waals surface area (Å²) in [5.41, 5.74) is 0.566. The highest BCUT2D eigenvalue weighted by Gasteiger charge is 2.26. The minimum Gasteiger partial charge on any atom is -0.356 e. The predicted molar refractivity (Wildman–Crippen MR) is 91.1 cm³/mol. The van der Waals surface area contributed by atoms with Crippen molar-refractivity contribution in [3.8, 4) is 0 Å². The average molecular weight is 409 g/mol. The van der Waals surface area contributed by atoms with E-state index in [4.69, 9.17) is 0 Å². The van der Waals surface area contributed by atoms with E-state index in [2.05, 4.69) is 36.9 Å². The molecule has 0 radical (unpaired) electrons. The molecule has 0 aromatic heterocycles. The van der Waals surface area contributed by atoms with Crippen molar-refractivity contribution in [3.05, 3.63) is 34.3 Å². The molecule has 0 heterocycles. The molecule has 1 aromatic rings. The molecule has 1 rings (SSSR count). The second-order valence-electron chi connectivity index (χ2n) is 4.91. The number of carbonyl (C=O) groups is 1. The van der Waals surface area contributed by atoms with Crippen LogP contribution in [0.2, 0.25) is 0 Å². The van der Waals surface area contributed by atoms with Gasteiger partial charge < -0.3 is 16.0 Å². The van der Waals surface area contributed by atoms with Crippen LogP contribution in [-0.2, 0) is 0 Å². The van der Waals surface area contributed by atoms with Crippen LogP contribution in [0, 0.1) is 0 Å². The number of aliphatic imine (C=N–C) groups is 1. The van der Waals surface area contributed by atoms with Gasteiger partial charge in [0.15, 0.2) is 5.96 Å². The van der Waals surface area contributed by atoms with Gasteiger partial charge in [-0.25, -0.2) is 0 Å². The van der Waals surface area contributed by atoms with Crippen LogP contribution in [0.1, 0.15) is 23.2 Å². The third-order valence-corrected chi connectivity index (χ3v) is 3.49. The fraction of sp³-hybridized carbons (Fsp3) is 0.467. The van der Waals surface area contributed by atoms with Crippen molar-refractivity contribution in [2.75, 3.05) is 26.7 Å². The van der Waals surface area contributed by atoms with Crippen LogP contribution in [0.3, 0.4) is 0 Å². The van der Waals surface area contributed by atoms with Crippen molar-refractivity contribution in [3.63, 3.8) is 0 Å². The average Bonchev–Trinajstić information content (AvgIpc) is 2.52. The number of halogens is 4. The zero-order valence-electron chi connectivity index (χ0n) is 13.2. The molecular weight excluding hydrogens is 389 g/mol.